The Morgan fingerprint density at radius 1 is 1.43 bits per heavy atom. The lowest BCUT2D eigenvalue weighted by molar-refractivity contribution is -0.136. The second kappa shape index (κ2) is 3.80. The maximum atomic E-state index is 10.5. The van der Waals surface area contributed by atoms with Gasteiger partial charge in [0.2, 0.25) is 0 Å². The molecule has 0 unspecified atom stereocenters. The van der Waals surface area contributed by atoms with Crippen LogP contribution in [-0.2, 0) is 29.0 Å². The van der Waals surface area contributed by atoms with Crippen molar-refractivity contribution in [3.8, 4) is 0 Å². The Labute approximate surface area is 82.3 Å². The summed E-state index contributed by atoms with van der Waals surface area (Å²) in [6.07, 6.45) is 0.997. The highest BCUT2D eigenvalue weighted by molar-refractivity contribution is 5.70. The van der Waals surface area contributed by atoms with E-state index < -0.39 is 5.97 Å². The van der Waals surface area contributed by atoms with Crippen LogP contribution in [0.5, 0.6) is 0 Å². The van der Waals surface area contributed by atoms with E-state index in [2.05, 4.69) is 0 Å². The topological polar surface area (TPSA) is 46.5 Å². The summed E-state index contributed by atoms with van der Waals surface area (Å²) in [5.74, 6) is -0.781. The number of carboxylic acids is 1. The Morgan fingerprint density at radius 2 is 2.29 bits per heavy atom. The van der Waals surface area contributed by atoms with Crippen LogP contribution in [0.15, 0.2) is 18.2 Å². The highest BCUT2D eigenvalue weighted by Crippen LogP contribution is 2.18. The zero-order valence-corrected chi connectivity index (χ0v) is 7.82. The Hall–Kier alpha value is -1.35. The van der Waals surface area contributed by atoms with E-state index in [1.807, 2.05) is 18.2 Å². The lowest BCUT2D eigenvalue weighted by Gasteiger charge is -2.16. The van der Waals surface area contributed by atoms with Gasteiger partial charge < -0.3 is 9.84 Å². The number of hydrogen-bond donors (Lipinski definition) is 1. The predicted molar refractivity (Wildman–Crippen MR) is 51.1 cm³/mol. The number of rotatable bonds is 2. The zero-order valence-electron chi connectivity index (χ0n) is 7.82. The number of ether oxygens (including phenoxy) is 1. The molecule has 0 amide bonds. The van der Waals surface area contributed by atoms with Gasteiger partial charge in [-0.25, -0.2) is 0 Å². The molecule has 3 nitrogen and oxygen atoms in total. The molecule has 1 N–H and O–H groups in total. The number of carbonyl (C=O) groups is 1. The van der Waals surface area contributed by atoms with Gasteiger partial charge in [-0.1, -0.05) is 18.2 Å². The van der Waals surface area contributed by atoms with Crippen molar-refractivity contribution in [2.45, 2.75) is 19.4 Å². The molecular weight excluding hydrogens is 180 g/mol. The second-order valence-corrected chi connectivity index (χ2v) is 3.48. The fraction of sp³-hybridized carbons (Fsp3) is 0.364. The molecule has 0 aromatic heterocycles. The molecule has 3 heteroatoms. The summed E-state index contributed by atoms with van der Waals surface area (Å²) in [7, 11) is 0. The largest absolute Gasteiger partial charge is 0.481 e. The second-order valence-electron chi connectivity index (χ2n) is 3.48. The molecule has 0 radical (unpaired) electrons. The Morgan fingerprint density at radius 3 is 3.07 bits per heavy atom. The van der Waals surface area contributed by atoms with Crippen molar-refractivity contribution < 1.29 is 14.6 Å². The van der Waals surface area contributed by atoms with Crippen LogP contribution >= 0.6 is 0 Å². The summed E-state index contributed by atoms with van der Waals surface area (Å²) in [6, 6.07) is 5.81. The van der Waals surface area contributed by atoms with Crippen LogP contribution in [-0.4, -0.2) is 17.7 Å². The Balaban J connectivity index is 2.24. The van der Waals surface area contributed by atoms with Crippen LogP contribution in [0, 0.1) is 0 Å². The molecule has 0 bridgehead atoms. The molecule has 1 aromatic carbocycles. The standard InChI is InChI=1S/C11H12O3/c12-11(13)6-8-1-2-10-7-14-4-3-9(10)5-8/h1-2,5H,3-4,6-7H2,(H,12,13). The van der Waals surface area contributed by atoms with E-state index in [9.17, 15) is 4.79 Å². The van der Waals surface area contributed by atoms with Gasteiger partial charge in [0, 0.05) is 0 Å². The lowest BCUT2D eigenvalue weighted by atomic mass is 9.99. The minimum absolute atomic E-state index is 0.105. The predicted octanol–water partition coefficient (Wildman–Crippen LogP) is 1.39. The van der Waals surface area contributed by atoms with E-state index >= 15 is 0 Å². The molecule has 2 rings (SSSR count). The van der Waals surface area contributed by atoms with Crippen LogP contribution in [0.3, 0.4) is 0 Å². The smallest absolute Gasteiger partial charge is 0.307 e. The van der Waals surface area contributed by atoms with Gasteiger partial charge in [0.05, 0.1) is 19.6 Å². The molecule has 1 aliphatic rings. The SMILES string of the molecule is O=C(O)Cc1ccc2c(c1)CCOC2. The summed E-state index contributed by atoms with van der Waals surface area (Å²) in [5, 5.41) is 8.65. The van der Waals surface area contributed by atoms with E-state index in [1.165, 1.54) is 11.1 Å². The van der Waals surface area contributed by atoms with Crippen molar-refractivity contribution in [3.63, 3.8) is 0 Å². The highest BCUT2D eigenvalue weighted by Gasteiger charge is 2.10. The molecule has 0 atom stereocenters. The molecule has 0 saturated heterocycles. The number of benzene rings is 1. The molecule has 1 heterocycles. The summed E-state index contributed by atoms with van der Waals surface area (Å²) >= 11 is 0. The monoisotopic (exact) mass is 192 g/mol. The minimum atomic E-state index is -0.781. The quantitative estimate of drug-likeness (QED) is 0.770. The number of aliphatic carboxylic acids is 1. The summed E-state index contributed by atoms with van der Waals surface area (Å²) in [6.45, 7) is 1.40. The van der Waals surface area contributed by atoms with Gasteiger partial charge >= 0.3 is 5.97 Å². The molecular formula is C11H12O3. The van der Waals surface area contributed by atoms with Gasteiger partial charge in [-0.3, -0.25) is 4.79 Å². The van der Waals surface area contributed by atoms with E-state index in [-0.39, 0.29) is 6.42 Å². The van der Waals surface area contributed by atoms with Gasteiger partial charge in [-0.05, 0) is 23.1 Å². The third-order valence-electron chi connectivity index (χ3n) is 2.40. The van der Waals surface area contributed by atoms with Gasteiger partial charge in [0.1, 0.15) is 0 Å². The Bertz CT molecular complexity index is 358. The maximum Gasteiger partial charge on any atom is 0.307 e. The number of carboxylic acid groups (broad SMARTS) is 1. The molecule has 0 aliphatic carbocycles. The zero-order chi connectivity index (χ0) is 9.97. The molecule has 0 saturated carbocycles. The molecule has 14 heavy (non-hydrogen) atoms. The van der Waals surface area contributed by atoms with Crippen LogP contribution < -0.4 is 0 Å². The first-order valence-corrected chi connectivity index (χ1v) is 4.66. The first kappa shape index (κ1) is 9.21. The summed E-state index contributed by atoms with van der Waals surface area (Å²) in [5.41, 5.74) is 3.29. The molecule has 1 aromatic rings. The van der Waals surface area contributed by atoms with Crippen LogP contribution in [0.2, 0.25) is 0 Å². The van der Waals surface area contributed by atoms with E-state index in [4.69, 9.17) is 9.84 Å². The van der Waals surface area contributed by atoms with Crippen molar-refractivity contribution in [2.75, 3.05) is 6.61 Å². The summed E-state index contributed by atoms with van der Waals surface area (Å²) in [4.78, 5) is 10.5. The van der Waals surface area contributed by atoms with Crippen molar-refractivity contribution >= 4 is 5.97 Å². The molecule has 0 spiro atoms. The normalized spacial score (nSPS) is 14.9. The molecule has 1 aliphatic heterocycles. The van der Waals surface area contributed by atoms with Crippen LogP contribution in [0.1, 0.15) is 16.7 Å². The Kier molecular flexibility index (Phi) is 2.50. The van der Waals surface area contributed by atoms with Gasteiger partial charge in [-0.2, -0.15) is 0 Å². The first-order valence-electron chi connectivity index (χ1n) is 4.66. The fourth-order valence-electron chi connectivity index (χ4n) is 1.70. The van der Waals surface area contributed by atoms with Crippen LogP contribution in [0.4, 0.5) is 0 Å². The molecule has 74 valence electrons. The highest BCUT2D eigenvalue weighted by atomic mass is 16.5. The number of fused-ring (bicyclic) bond motifs is 1. The van der Waals surface area contributed by atoms with Crippen molar-refractivity contribution in [3.05, 3.63) is 34.9 Å². The van der Waals surface area contributed by atoms with Crippen LogP contribution in [0.25, 0.3) is 0 Å². The third kappa shape index (κ3) is 1.93. The lowest BCUT2D eigenvalue weighted by Crippen LogP contribution is -2.10. The minimum Gasteiger partial charge on any atom is -0.481 e. The summed E-state index contributed by atoms with van der Waals surface area (Å²) < 4.78 is 5.30. The van der Waals surface area contributed by atoms with E-state index in [0.29, 0.717) is 6.61 Å². The molecule has 0 fully saturated rings. The maximum absolute atomic E-state index is 10.5. The van der Waals surface area contributed by atoms with Gasteiger partial charge in [0.25, 0.3) is 0 Å². The number of hydrogen-bond acceptors (Lipinski definition) is 2. The van der Waals surface area contributed by atoms with Crippen molar-refractivity contribution in [1.29, 1.82) is 0 Å². The average molecular weight is 192 g/mol. The van der Waals surface area contributed by atoms with Crippen molar-refractivity contribution in [1.82, 2.24) is 0 Å². The van der Waals surface area contributed by atoms with E-state index in [0.717, 1.165) is 18.6 Å². The first-order chi connectivity index (χ1) is 6.75. The third-order valence-corrected chi connectivity index (χ3v) is 2.40. The van der Waals surface area contributed by atoms with Gasteiger partial charge in [0.15, 0.2) is 0 Å². The average Bonchev–Trinajstić information content (AvgIpc) is 2.17. The van der Waals surface area contributed by atoms with Gasteiger partial charge in [-0.15, -0.1) is 0 Å². The van der Waals surface area contributed by atoms with Crippen molar-refractivity contribution in [2.24, 2.45) is 0 Å². The fourth-order valence-corrected chi connectivity index (χ4v) is 1.70. The van der Waals surface area contributed by atoms with E-state index in [1.54, 1.807) is 0 Å².